The molecule has 0 aromatic heterocycles. The molecule has 0 aliphatic carbocycles. The summed E-state index contributed by atoms with van der Waals surface area (Å²) in [6.07, 6.45) is -1.02. The maximum absolute atomic E-state index is 10.6. The van der Waals surface area contributed by atoms with E-state index in [9.17, 15) is 15.2 Å². The lowest BCUT2D eigenvalue weighted by Gasteiger charge is -2.19. The van der Waals surface area contributed by atoms with Crippen molar-refractivity contribution < 1.29 is 14.8 Å². The van der Waals surface area contributed by atoms with Crippen LogP contribution in [0.25, 0.3) is 0 Å². The topological polar surface area (TPSA) is 72.6 Å². The van der Waals surface area contributed by atoms with E-state index in [1.807, 2.05) is 0 Å². The van der Waals surface area contributed by atoms with Crippen molar-refractivity contribution in [3.8, 4) is 0 Å². The van der Waals surface area contributed by atoms with Crippen LogP contribution in [0.15, 0.2) is 0 Å². The van der Waals surface area contributed by atoms with Crippen LogP contribution in [0.3, 0.4) is 0 Å². The Kier molecular flexibility index (Phi) is 2.09. The van der Waals surface area contributed by atoms with Crippen molar-refractivity contribution in [2.24, 2.45) is 5.92 Å². The van der Waals surface area contributed by atoms with Crippen molar-refractivity contribution in [2.75, 3.05) is 0 Å². The fourth-order valence-corrected chi connectivity index (χ4v) is 1.72. The predicted octanol–water partition coefficient (Wildman–Crippen LogP) is 0.395. The molecule has 70 valence electrons. The van der Waals surface area contributed by atoms with Crippen LogP contribution >= 0.6 is 0 Å². The molecule has 0 saturated carbocycles. The van der Waals surface area contributed by atoms with Crippen LogP contribution in [0.5, 0.6) is 0 Å². The van der Waals surface area contributed by atoms with Crippen LogP contribution in [0.1, 0.15) is 20.8 Å². The lowest BCUT2D eigenvalue weighted by molar-refractivity contribution is -0.541. The number of rotatable bonds is 1. The molecule has 5 heteroatoms. The van der Waals surface area contributed by atoms with E-state index in [0.29, 0.717) is 0 Å². The first-order valence-electron chi connectivity index (χ1n) is 3.85. The molecule has 0 bridgehead atoms. The molecule has 1 saturated heterocycles. The van der Waals surface area contributed by atoms with Gasteiger partial charge in [-0.25, -0.2) is 0 Å². The summed E-state index contributed by atoms with van der Waals surface area (Å²) in [5.41, 5.74) is -0.873. The molecule has 5 nitrogen and oxygen atoms in total. The van der Waals surface area contributed by atoms with Crippen molar-refractivity contribution >= 4 is 0 Å². The van der Waals surface area contributed by atoms with Gasteiger partial charge in [0.15, 0.2) is 6.29 Å². The minimum Gasteiger partial charge on any atom is -0.367 e. The third kappa shape index (κ3) is 1.30. The van der Waals surface area contributed by atoms with E-state index in [4.69, 9.17) is 4.74 Å². The monoisotopic (exact) mass is 175 g/mol. The van der Waals surface area contributed by atoms with E-state index in [0.717, 1.165) is 0 Å². The second-order valence-corrected chi connectivity index (χ2v) is 3.70. The smallest absolute Gasteiger partial charge is 0.248 e. The highest BCUT2D eigenvalue weighted by molar-refractivity contribution is 4.91. The number of nitrogens with zero attached hydrogens (tertiary/aromatic N) is 1. The van der Waals surface area contributed by atoms with Gasteiger partial charge in [0.2, 0.25) is 6.04 Å². The first kappa shape index (κ1) is 9.41. The Labute approximate surface area is 70.5 Å². The lowest BCUT2D eigenvalue weighted by Crippen LogP contribution is -2.41. The lowest BCUT2D eigenvalue weighted by atomic mass is 9.92. The van der Waals surface area contributed by atoms with Gasteiger partial charge in [-0.05, 0) is 13.8 Å². The molecular weight excluding hydrogens is 162 g/mol. The number of hydrogen-bond donors (Lipinski definition) is 1. The zero-order chi connectivity index (χ0) is 9.52. The van der Waals surface area contributed by atoms with E-state index in [1.54, 1.807) is 20.8 Å². The molecule has 12 heavy (non-hydrogen) atoms. The predicted molar refractivity (Wildman–Crippen MR) is 41.1 cm³/mol. The van der Waals surface area contributed by atoms with Gasteiger partial charge in [-0.1, -0.05) is 6.92 Å². The van der Waals surface area contributed by atoms with Gasteiger partial charge < -0.3 is 9.84 Å². The highest BCUT2D eigenvalue weighted by Gasteiger charge is 2.54. The number of aliphatic hydroxyl groups is 1. The molecule has 1 N–H and O–H groups in total. The Morgan fingerprint density at radius 2 is 2.08 bits per heavy atom. The fourth-order valence-electron chi connectivity index (χ4n) is 1.72. The molecule has 0 spiro atoms. The second-order valence-electron chi connectivity index (χ2n) is 3.70. The van der Waals surface area contributed by atoms with Gasteiger partial charge in [-0.3, -0.25) is 10.1 Å². The Morgan fingerprint density at radius 3 is 2.25 bits per heavy atom. The average Bonchev–Trinajstić information content (AvgIpc) is 2.01. The molecule has 3 atom stereocenters. The number of hydrogen-bond acceptors (Lipinski definition) is 4. The van der Waals surface area contributed by atoms with Crippen LogP contribution < -0.4 is 0 Å². The van der Waals surface area contributed by atoms with Crippen LogP contribution in [0, 0.1) is 16.0 Å². The third-order valence-electron chi connectivity index (χ3n) is 2.31. The quantitative estimate of drug-likeness (QED) is 0.462. The van der Waals surface area contributed by atoms with Gasteiger partial charge in [0.25, 0.3) is 0 Å². The van der Waals surface area contributed by atoms with Crippen LogP contribution in [0.4, 0.5) is 0 Å². The summed E-state index contributed by atoms with van der Waals surface area (Å²) in [5.74, 6) is -0.449. The summed E-state index contributed by atoms with van der Waals surface area (Å²) < 4.78 is 5.05. The molecule has 0 radical (unpaired) electrons. The van der Waals surface area contributed by atoms with Crippen molar-refractivity contribution in [3.05, 3.63) is 10.1 Å². The Hall–Kier alpha value is -0.680. The minimum absolute atomic E-state index is 0.388. The molecule has 1 aliphatic rings. The third-order valence-corrected chi connectivity index (χ3v) is 2.31. The Morgan fingerprint density at radius 1 is 1.58 bits per heavy atom. The number of aliphatic hydroxyl groups excluding tert-OH is 1. The van der Waals surface area contributed by atoms with Gasteiger partial charge in [0, 0.05) is 4.92 Å². The Balaban J connectivity index is 2.89. The largest absolute Gasteiger partial charge is 0.367 e. The fraction of sp³-hybridized carbons (Fsp3) is 1.00. The molecule has 1 rings (SSSR count). The van der Waals surface area contributed by atoms with E-state index in [2.05, 4.69) is 0 Å². The SMILES string of the molecule is CC1C(O)OC(C)(C)C1[N+](=O)[O-]. The first-order chi connectivity index (χ1) is 5.36. The molecule has 0 aromatic carbocycles. The van der Waals surface area contributed by atoms with Crippen molar-refractivity contribution in [1.29, 1.82) is 0 Å². The first-order valence-corrected chi connectivity index (χ1v) is 3.85. The van der Waals surface area contributed by atoms with Crippen LogP contribution in [-0.4, -0.2) is 28.0 Å². The highest BCUT2D eigenvalue weighted by Crippen LogP contribution is 2.35. The zero-order valence-corrected chi connectivity index (χ0v) is 7.35. The van der Waals surface area contributed by atoms with E-state index < -0.39 is 23.9 Å². The number of nitro groups is 1. The average molecular weight is 175 g/mol. The summed E-state index contributed by atoms with van der Waals surface area (Å²) in [5, 5.41) is 19.8. The van der Waals surface area contributed by atoms with E-state index in [-0.39, 0.29) is 4.92 Å². The minimum atomic E-state index is -1.02. The second kappa shape index (κ2) is 2.67. The molecular formula is C7H13NO4. The number of ether oxygens (including phenoxy) is 1. The zero-order valence-electron chi connectivity index (χ0n) is 7.35. The summed E-state index contributed by atoms with van der Waals surface area (Å²) in [6.45, 7) is 4.85. The van der Waals surface area contributed by atoms with Crippen molar-refractivity contribution in [2.45, 2.75) is 38.7 Å². The highest BCUT2D eigenvalue weighted by atomic mass is 16.7. The molecule has 0 amide bonds. The van der Waals surface area contributed by atoms with Gasteiger partial charge in [0.1, 0.15) is 5.60 Å². The summed E-state index contributed by atoms with van der Waals surface area (Å²) in [6, 6.07) is -0.826. The Bertz CT molecular complexity index is 204. The molecule has 1 aliphatic heterocycles. The molecule has 1 fully saturated rings. The maximum Gasteiger partial charge on any atom is 0.248 e. The van der Waals surface area contributed by atoms with Crippen LogP contribution in [-0.2, 0) is 4.74 Å². The van der Waals surface area contributed by atoms with E-state index >= 15 is 0 Å². The molecule has 0 aromatic rings. The van der Waals surface area contributed by atoms with Gasteiger partial charge >= 0.3 is 0 Å². The standard InChI is InChI=1S/C7H13NO4/c1-4-5(8(10)11)7(2,3)12-6(4)9/h4-6,9H,1-3H3. The van der Waals surface area contributed by atoms with E-state index in [1.165, 1.54) is 0 Å². The van der Waals surface area contributed by atoms with Gasteiger partial charge in [0.05, 0.1) is 5.92 Å². The van der Waals surface area contributed by atoms with Crippen LogP contribution in [0.2, 0.25) is 0 Å². The maximum atomic E-state index is 10.6. The summed E-state index contributed by atoms with van der Waals surface area (Å²) in [7, 11) is 0. The van der Waals surface area contributed by atoms with Crippen molar-refractivity contribution in [1.82, 2.24) is 0 Å². The van der Waals surface area contributed by atoms with Crippen molar-refractivity contribution in [3.63, 3.8) is 0 Å². The van der Waals surface area contributed by atoms with Gasteiger partial charge in [-0.15, -0.1) is 0 Å². The molecule has 1 heterocycles. The van der Waals surface area contributed by atoms with Gasteiger partial charge in [-0.2, -0.15) is 0 Å². The summed E-state index contributed by atoms with van der Waals surface area (Å²) in [4.78, 5) is 10.2. The normalized spacial score (nSPS) is 39.8. The molecule has 3 unspecified atom stereocenters. The summed E-state index contributed by atoms with van der Waals surface area (Å²) >= 11 is 0.